The molecule has 2 saturated heterocycles. The number of hydrogen-bond donors (Lipinski definition) is 2. The third-order valence-corrected chi connectivity index (χ3v) is 7.49. The Morgan fingerprint density at radius 3 is 2.80 bits per heavy atom. The molecule has 1 aliphatic carbocycles. The van der Waals surface area contributed by atoms with Crippen molar-refractivity contribution in [2.75, 3.05) is 6.54 Å². The predicted octanol–water partition coefficient (Wildman–Crippen LogP) is 4.27. The molecule has 0 radical (unpaired) electrons. The van der Waals surface area contributed by atoms with Crippen LogP contribution >= 0.6 is 24.0 Å². The van der Waals surface area contributed by atoms with Gasteiger partial charge in [0, 0.05) is 35.8 Å². The fourth-order valence-electron chi connectivity index (χ4n) is 5.87. The van der Waals surface area contributed by atoms with E-state index in [9.17, 15) is 14.6 Å². The molecule has 30 heavy (non-hydrogen) atoms. The topological polar surface area (TPSA) is 56.6 Å². The van der Waals surface area contributed by atoms with E-state index in [1.54, 1.807) is 12.3 Å². The van der Waals surface area contributed by atoms with E-state index in [-0.39, 0.29) is 30.2 Å². The van der Waals surface area contributed by atoms with E-state index in [0.717, 1.165) is 49.0 Å². The molecule has 2 aromatic rings. The van der Waals surface area contributed by atoms with Crippen molar-refractivity contribution < 1.29 is 14.6 Å². The fourth-order valence-corrected chi connectivity index (χ4v) is 6.17. The van der Waals surface area contributed by atoms with Crippen molar-refractivity contribution >= 4 is 24.0 Å². The molecule has 4 nitrogen and oxygen atoms in total. The highest BCUT2D eigenvalue weighted by molar-refractivity contribution is 6.31. The number of nitrogens with zero attached hydrogens (tertiary/aromatic N) is 2. The highest BCUT2D eigenvalue weighted by Gasteiger charge is 2.48. The van der Waals surface area contributed by atoms with Gasteiger partial charge in [0.25, 0.3) is 0 Å². The monoisotopic (exact) mass is 452 g/mol. The quantitative estimate of drug-likeness (QED) is 0.729. The average Bonchev–Trinajstić information content (AvgIpc) is 2.99. The lowest BCUT2D eigenvalue weighted by molar-refractivity contribution is -0.0150. The van der Waals surface area contributed by atoms with Gasteiger partial charge in [-0.1, -0.05) is 23.7 Å². The molecule has 3 heterocycles. The maximum Gasteiger partial charge on any atom is 0.124 e. The van der Waals surface area contributed by atoms with Crippen LogP contribution in [0.3, 0.4) is 0 Å². The molecule has 7 heteroatoms. The number of fused-ring (bicyclic) bond motifs is 3. The van der Waals surface area contributed by atoms with Crippen molar-refractivity contribution in [3.8, 4) is 0 Å². The Morgan fingerprint density at radius 2 is 2.00 bits per heavy atom. The zero-order chi connectivity index (χ0) is 20.1. The first kappa shape index (κ1) is 22.0. The first-order chi connectivity index (χ1) is 14.0. The van der Waals surface area contributed by atoms with Gasteiger partial charge < -0.3 is 10.2 Å². The molecule has 1 aromatic carbocycles. The molecule has 2 N–H and O–H groups in total. The number of halogens is 3. The minimum atomic E-state index is -0.515. The minimum Gasteiger partial charge on any atom is -0.391 e. The van der Waals surface area contributed by atoms with Gasteiger partial charge in [0.1, 0.15) is 5.82 Å². The zero-order valence-corrected chi connectivity index (χ0v) is 18.2. The van der Waals surface area contributed by atoms with Gasteiger partial charge in [0.2, 0.25) is 0 Å². The number of pyridine rings is 1. The fraction of sp³-hybridized carbons (Fsp3) is 0.522. The van der Waals surface area contributed by atoms with Crippen LogP contribution in [0.4, 0.5) is 4.39 Å². The molecule has 3 aliphatic rings. The van der Waals surface area contributed by atoms with Gasteiger partial charge in [-0.05, 0) is 67.3 Å². The Balaban J connectivity index is 0.00000218. The summed E-state index contributed by atoms with van der Waals surface area (Å²) < 4.78 is 13.5. The maximum absolute atomic E-state index is 13.5. The molecule has 5 rings (SSSR count). The molecule has 1 aromatic heterocycles. The lowest BCUT2D eigenvalue weighted by Crippen LogP contribution is -2.52. The molecular weight excluding hydrogens is 426 g/mol. The third kappa shape index (κ3) is 3.87. The lowest BCUT2D eigenvalue weighted by Gasteiger charge is -2.45. The Morgan fingerprint density at radius 1 is 1.17 bits per heavy atom. The van der Waals surface area contributed by atoms with Gasteiger partial charge in [0.15, 0.2) is 0 Å². The summed E-state index contributed by atoms with van der Waals surface area (Å²) in [6.07, 6.45) is 5.20. The SMILES string of the molecule is Cl.OC1C(c2ccc(F)cc2Cl)CC2CCC1N2C[C@@H]1Cc2cccnc2[C@@H](O)C1. The zero-order valence-electron chi connectivity index (χ0n) is 16.6. The standard InChI is InChI=1S/C23H26ClFN2O2.ClH/c24-19-10-15(25)3-5-17(19)18-11-16-4-6-20(23(18)29)27(16)12-13-8-14-2-1-7-26-22(14)21(28)9-13;/h1-3,5,7,10,13,16,18,20-21,23,28-29H,4,6,8-9,11-12H2;1H/t13-,16?,18?,20?,21+,23?;/m1./s1. The van der Waals surface area contributed by atoms with Crippen LogP contribution in [0.1, 0.15) is 54.5 Å². The molecule has 2 bridgehead atoms. The molecule has 0 saturated carbocycles. The summed E-state index contributed by atoms with van der Waals surface area (Å²) in [6, 6.07) is 8.96. The molecule has 0 amide bonds. The third-order valence-electron chi connectivity index (χ3n) is 7.16. The van der Waals surface area contributed by atoms with Crippen LogP contribution in [-0.2, 0) is 6.42 Å². The van der Waals surface area contributed by atoms with E-state index in [1.807, 2.05) is 6.07 Å². The van der Waals surface area contributed by atoms with E-state index in [0.29, 0.717) is 23.4 Å². The number of piperidine rings is 1. The van der Waals surface area contributed by atoms with Gasteiger partial charge >= 0.3 is 0 Å². The van der Waals surface area contributed by atoms with Crippen LogP contribution < -0.4 is 0 Å². The first-order valence-electron chi connectivity index (χ1n) is 10.5. The van der Waals surface area contributed by atoms with E-state index >= 15 is 0 Å². The van der Waals surface area contributed by atoms with Gasteiger partial charge in [-0.25, -0.2) is 4.39 Å². The Hall–Kier alpha value is -1.24. The molecule has 2 fully saturated rings. The second-order valence-corrected chi connectivity index (χ2v) is 9.27. The summed E-state index contributed by atoms with van der Waals surface area (Å²) in [5.74, 6) is -0.0547. The highest BCUT2D eigenvalue weighted by Crippen LogP contribution is 2.46. The van der Waals surface area contributed by atoms with Crippen LogP contribution in [0.15, 0.2) is 36.5 Å². The van der Waals surface area contributed by atoms with Crippen LogP contribution in [0.2, 0.25) is 5.02 Å². The molecule has 162 valence electrons. The molecule has 6 atom stereocenters. The van der Waals surface area contributed by atoms with E-state index in [2.05, 4.69) is 16.0 Å². The number of aliphatic hydroxyl groups is 2. The average molecular weight is 453 g/mol. The first-order valence-corrected chi connectivity index (χ1v) is 10.9. The lowest BCUT2D eigenvalue weighted by atomic mass is 9.80. The normalized spacial score (nSPS) is 33.1. The molecule has 2 aliphatic heterocycles. The molecule has 0 spiro atoms. The Labute approximate surface area is 187 Å². The summed E-state index contributed by atoms with van der Waals surface area (Å²) >= 11 is 6.30. The maximum atomic E-state index is 13.5. The second-order valence-electron chi connectivity index (χ2n) is 8.86. The van der Waals surface area contributed by atoms with Crippen molar-refractivity contribution in [3.05, 3.63) is 64.2 Å². The summed E-state index contributed by atoms with van der Waals surface area (Å²) in [5, 5.41) is 22.1. The molecule has 4 unspecified atom stereocenters. The molecular formula is C23H27Cl2FN2O2. The van der Waals surface area contributed by atoms with Crippen molar-refractivity contribution in [3.63, 3.8) is 0 Å². The van der Waals surface area contributed by atoms with Crippen LogP contribution in [0.25, 0.3) is 0 Å². The highest BCUT2D eigenvalue weighted by atomic mass is 35.5. The van der Waals surface area contributed by atoms with Crippen molar-refractivity contribution in [1.82, 2.24) is 9.88 Å². The number of benzene rings is 1. The Bertz CT molecular complexity index is 915. The number of rotatable bonds is 3. The number of hydrogen-bond acceptors (Lipinski definition) is 4. The predicted molar refractivity (Wildman–Crippen MR) is 117 cm³/mol. The smallest absolute Gasteiger partial charge is 0.124 e. The van der Waals surface area contributed by atoms with Gasteiger partial charge in [0.05, 0.1) is 17.9 Å². The van der Waals surface area contributed by atoms with Gasteiger partial charge in [-0.2, -0.15) is 0 Å². The Kier molecular flexibility index (Phi) is 6.38. The van der Waals surface area contributed by atoms with E-state index in [4.69, 9.17) is 11.6 Å². The van der Waals surface area contributed by atoms with Crippen LogP contribution in [-0.4, -0.2) is 44.8 Å². The summed E-state index contributed by atoms with van der Waals surface area (Å²) in [7, 11) is 0. The number of aliphatic hydroxyl groups excluding tert-OH is 2. The van der Waals surface area contributed by atoms with E-state index in [1.165, 1.54) is 12.1 Å². The minimum absolute atomic E-state index is 0. The summed E-state index contributed by atoms with van der Waals surface area (Å²) in [6.45, 7) is 0.877. The van der Waals surface area contributed by atoms with Crippen molar-refractivity contribution in [2.24, 2.45) is 5.92 Å². The summed E-state index contributed by atoms with van der Waals surface area (Å²) in [5.41, 5.74) is 2.80. The van der Waals surface area contributed by atoms with Crippen LogP contribution in [0, 0.1) is 11.7 Å². The van der Waals surface area contributed by atoms with Gasteiger partial charge in [-0.3, -0.25) is 9.88 Å². The number of aromatic nitrogens is 1. The van der Waals surface area contributed by atoms with Crippen LogP contribution in [0.5, 0.6) is 0 Å². The summed E-state index contributed by atoms with van der Waals surface area (Å²) in [4.78, 5) is 6.81. The van der Waals surface area contributed by atoms with Crippen molar-refractivity contribution in [1.29, 1.82) is 0 Å². The van der Waals surface area contributed by atoms with Gasteiger partial charge in [-0.15, -0.1) is 12.4 Å². The second kappa shape index (κ2) is 8.71. The van der Waals surface area contributed by atoms with E-state index < -0.39 is 12.2 Å². The van der Waals surface area contributed by atoms with Crippen molar-refractivity contribution in [2.45, 2.75) is 62.3 Å². The largest absolute Gasteiger partial charge is 0.391 e.